The first kappa shape index (κ1) is 25.6. The summed E-state index contributed by atoms with van der Waals surface area (Å²) in [4.78, 5) is 29.2. The molecule has 2 aromatic carbocycles. The second kappa shape index (κ2) is 10.2. The van der Waals surface area contributed by atoms with E-state index < -0.39 is 6.04 Å². The molecule has 0 saturated carbocycles. The third-order valence-corrected chi connectivity index (χ3v) is 6.58. The van der Waals surface area contributed by atoms with Crippen LogP contribution >= 0.6 is 0 Å². The molecule has 1 amide bonds. The van der Waals surface area contributed by atoms with Gasteiger partial charge in [-0.2, -0.15) is 0 Å². The molecule has 1 aromatic heterocycles. The van der Waals surface area contributed by atoms with Crippen molar-refractivity contribution in [2.75, 3.05) is 34.5 Å². The second-order valence-electron chi connectivity index (χ2n) is 9.24. The van der Waals surface area contributed by atoms with Crippen molar-refractivity contribution >= 4 is 16.9 Å². The zero-order valence-electron chi connectivity index (χ0n) is 21.9. The molecule has 0 saturated heterocycles. The van der Waals surface area contributed by atoms with Crippen molar-refractivity contribution in [1.29, 1.82) is 0 Å². The number of fused-ring (bicyclic) bond motifs is 2. The SMILES string of the molecule is COc1cc([C@H]2c3c(oc4cc(C)c(C)cc4c3=O)C(=O)N2CCCOC(C)C)cc(OC)c1OC. The number of methoxy groups -OCH3 is 3. The smallest absolute Gasteiger partial charge is 0.290 e. The van der Waals surface area contributed by atoms with Crippen molar-refractivity contribution in [1.82, 2.24) is 4.90 Å². The number of benzene rings is 2. The number of hydrogen-bond acceptors (Lipinski definition) is 7. The van der Waals surface area contributed by atoms with Gasteiger partial charge in [-0.15, -0.1) is 0 Å². The molecule has 0 fully saturated rings. The Morgan fingerprint density at radius 3 is 2.17 bits per heavy atom. The van der Waals surface area contributed by atoms with Gasteiger partial charge in [-0.25, -0.2) is 0 Å². The molecule has 3 aromatic rings. The molecule has 1 aliphatic heterocycles. The van der Waals surface area contributed by atoms with Crippen LogP contribution in [0.4, 0.5) is 0 Å². The fourth-order valence-corrected chi connectivity index (χ4v) is 4.67. The molecule has 192 valence electrons. The molecule has 0 radical (unpaired) electrons. The van der Waals surface area contributed by atoms with Crippen molar-refractivity contribution in [3.63, 3.8) is 0 Å². The fraction of sp³-hybridized carbons (Fsp3) is 0.429. The highest BCUT2D eigenvalue weighted by molar-refractivity contribution is 5.99. The van der Waals surface area contributed by atoms with Crippen molar-refractivity contribution < 1.29 is 28.2 Å². The number of carbonyl (C=O) groups is 1. The maximum absolute atomic E-state index is 13.9. The monoisotopic (exact) mass is 495 g/mol. The molecule has 8 nitrogen and oxygen atoms in total. The Hall–Kier alpha value is -3.52. The highest BCUT2D eigenvalue weighted by Crippen LogP contribution is 2.45. The van der Waals surface area contributed by atoms with Crippen LogP contribution in [0.25, 0.3) is 11.0 Å². The Labute approximate surface area is 210 Å². The lowest BCUT2D eigenvalue weighted by atomic mass is 9.96. The Balaban J connectivity index is 1.92. The fourth-order valence-electron chi connectivity index (χ4n) is 4.67. The number of ether oxygens (including phenoxy) is 4. The van der Waals surface area contributed by atoms with Gasteiger partial charge in [0.1, 0.15) is 5.58 Å². The first-order valence-corrected chi connectivity index (χ1v) is 12.0. The molecule has 1 aliphatic rings. The first-order valence-electron chi connectivity index (χ1n) is 12.0. The molecule has 1 atom stereocenters. The predicted molar refractivity (Wildman–Crippen MR) is 137 cm³/mol. The maximum Gasteiger partial charge on any atom is 0.290 e. The maximum atomic E-state index is 13.9. The molecule has 8 heteroatoms. The minimum atomic E-state index is -0.678. The number of rotatable bonds is 9. The van der Waals surface area contributed by atoms with Gasteiger partial charge in [0.05, 0.1) is 44.4 Å². The van der Waals surface area contributed by atoms with Gasteiger partial charge in [0, 0.05) is 13.2 Å². The zero-order valence-corrected chi connectivity index (χ0v) is 21.9. The second-order valence-corrected chi connectivity index (χ2v) is 9.24. The molecule has 0 bridgehead atoms. The standard InChI is InChI=1S/C28H33NO7/c1-15(2)35-10-8-9-29-24(18-13-21(32-5)26(34-7)22(14-18)33-6)23-25(30)19-11-16(3)17(4)12-20(19)36-27(23)28(29)31/h11-15,24H,8-10H2,1-7H3/t24-/m0/s1. The quantitative estimate of drug-likeness (QED) is 0.394. The zero-order chi connectivity index (χ0) is 26.1. The van der Waals surface area contributed by atoms with Gasteiger partial charge in [0.15, 0.2) is 16.9 Å². The van der Waals surface area contributed by atoms with Crippen LogP contribution < -0.4 is 19.6 Å². The molecule has 4 rings (SSSR count). The van der Waals surface area contributed by atoms with Gasteiger partial charge in [0.2, 0.25) is 11.5 Å². The number of nitrogens with zero attached hydrogens (tertiary/aromatic N) is 1. The van der Waals surface area contributed by atoms with Gasteiger partial charge in [-0.3, -0.25) is 9.59 Å². The Morgan fingerprint density at radius 1 is 0.944 bits per heavy atom. The van der Waals surface area contributed by atoms with Gasteiger partial charge >= 0.3 is 0 Å². The molecule has 0 aliphatic carbocycles. The lowest BCUT2D eigenvalue weighted by molar-refractivity contribution is 0.0593. The van der Waals surface area contributed by atoms with Crippen LogP contribution in [0.3, 0.4) is 0 Å². The third kappa shape index (κ3) is 4.41. The summed E-state index contributed by atoms with van der Waals surface area (Å²) in [5, 5.41) is 0.451. The average molecular weight is 496 g/mol. The molecule has 2 heterocycles. The summed E-state index contributed by atoms with van der Waals surface area (Å²) in [5.74, 6) is 1.05. The molecule has 0 spiro atoms. The lowest BCUT2D eigenvalue weighted by Crippen LogP contribution is -2.31. The Kier molecular flexibility index (Phi) is 7.26. The van der Waals surface area contributed by atoms with Crippen molar-refractivity contribution in [2.45, 2.75) is 46.3 Å². The lowest BCUT2D eigenvalue weighted by Gasteiger charge is -2.26. The minimum Gasteiger partial charge on any atom is -0.493 e. The molecule has 36 heavy (non-hydrogen) atoms. The molecular weight excluding hydrogens is 462 g/mol. The summed E-state index contributed by atoms with van der Waals surface area (Å²) in [5.41, 5.74) is 3.13. The molecule has 0 unspecified atom stereocenters. The summed E-state index contributed by atoms with van der Waals surface area (Å²) in [6.45, 7) is 8.70. The van der Waals surface area contributed by atoms with E-state index in [2.05, 4.69) is 0 Å². The number of carbonyl (C=O) groups excluding carboxylic acids is 1. The van der Waals surface area contributed by atoms with E-state index in [-0.39, 0.29) is 23.2 Å². The van der Waals surface area contributed by atoms with Crippen LogP contribution in [0.2, 0.25) is 0 Å². The predicted octanol–water partition coefficient (Wildman–Crippen LogP) is 4.80. The van der Waals surface area contributed by atoms with E-state index in [4.69, 9.17) is 23.4 Å². The summed E-state index contributed by atoms with van der Waals surface area (Å²) in [7, 11) is 4.59. The van der Waals surface area contributed by atoms with Crippen LogP contribution in [-0.4, -0.2) is 51.4 Å². The van der Waals surface area contributed by atoms with E-state index in [0.717, 1.165) is 11.1 Å². The van der Waals surface area contributed by atoms with Crippen molar-refractivity contribution in [3.05, 3.63) is 62.5 Å². The van der Waals surface area contributed by atoms with Gasteiger partial charge in [-0.1, -0.05) is 0 Å². The average Bonchev–Trinajstić information content (AvgIpc) is 3.13. The van der Waals surface area contributed by atoms with E-state index in [9.17, 15) is 9.59 Å². The van der Waals surface area contributed by atoms with Crippen molar-refractivity contribution in [3.8, 4) is 17.2 Å². The highest BCUT2D eigenvalue weighted by atomic mass is 16.5. The first-order chi connectivity index (χ1) is 17.2. The number of aryl methyl sites for hydroxylation is 2. The van der Waals surface area contributed by atoms with E-state index in [1.54, 1.807) is 17.0 Å². The van der Waals surface area contributed by atoms with E-state index in [0.29, 0.717) is 58.9 Å². The van der Waals surface area contributed by atoms with Gasteiger partial charge < -0.3 is 28.3 Å². The van der Waals surface area contributed by atoms with Crippen molar-refractivity contribution in [2.24, 2.45) is 0 Å². The highest BCUT2D eigenvalue weighted by Gasteiger charge is 2.43. The largest absolute Gasteiger partial charge is 0.493 e. The summed E-state index contributed by atoms with van der Waals surface area (Å²) in [6, 6.07) is 6.51. The van der Waals surface area contributed by atoms with E-state index >= 15 is 0 Å². The number of amides is 1. The molecule has 0 N–H and O–H groups in total. The third-order valence-electron chi connectivity index (χ3n) is 6.58. The van der Waals surface area contributed by atoms with Gasteiger partial charge in [0.25, 0.3) is 5.91 Å². The minimum absolute atomic E-state index is 0.0688. The van der Waals surface area contributed by atoms with Crippen LogP contribution in [-0.2, 0) is 4.74 Å². The normalized spacial score (nSPS) is 15.1. The molecular formula is C28H33NO7. The van der Waals surface area contributed by atoms with Crippen LogP contribution in [0.5, 0.6) is 17.2 Å². The summed E-state index contributed by atoms with van der Waals surface area (Å²) in [6.07, 6.45) is 0.688. The van der Waals surface area contributed by atoms with Crippen LogP contribution in [0, 0.1) is 13.8 Å². The van der Waals surface area contributed by atoms with Crippen LogP contribution in [0.1, 0.15) is 59.1 Å². The topological polar surface area (TPSA) is 87.4 Å². The van der Waals surface area contributed by atoms with Crippen LogP contribution in [0.15, 0.2) is 33.5 Å². The summed E-state index contributed by atoms with van der Waals surface area (Å²) >= 11 is 0. The Bertz CT molecular complexity index is 1330. The van der Waals surface area contributed by atoms with E-state index in [1.807, 2.05) is 39.8 Å². The van der Waals surface area contributed by atoms with Gasteiger partial charge in [-0.05, 0) is 75.1 Å². The Morgan fingerprint density at radius 2 is 1.58 bits per heavy atom. The van der Waals surface area contributed by atoms with E-state index in [1.165, 1.54) is 21.3 Å². The summed E-state index contributed by atoms with van der Waals surface area (Å²) < 4.78 is 28.4. The number of hydrogen-bond donors (Lipinski definition) is 0.